The molecule has 2 saturated heterocycles. The van der Waals surface area contributed by atoms with Gasteiger partial charge in [0, 0.05) is 43.4 Å². The fourth-order valence-electron chi connectivity index (χ4n) is 2.93. The van der Waals surface area contributed by atoms with Crippen molar-refractivity contribution in [3.63, 3.8) is 0 Å². The third kappa shape index (κ3) is 4.41. The number of likely N-dealkylation sites (tertiary alicyclic amines) is 1. The molecule has 0 radical (unpaired) electrons. The molecule has 23 heavy (non-hydrogen) atoms. The highest BCUT2D eigenvalue weighted by Gasteiger charge is 2.18. The minimum Gasteiger partial charge on any atom is -0.341 e. The van der Waals surface area contributed by atoms with Crippen molar-refractivity contribution in [1.82, 2.24) is 9.80 Å². The molecule has 5 nitrogen and oxygen atoms in total. The molecule has 0 unspecified atom stereocenters. The van der Waals surface area contributed by atoms with E-state index in [1.165, 1.54) is 0 Å². The number of hydrogen-bond donors (Lipinski definition) is 1. The Bertz CT molecular complexity index is 549. The molecule has 0 spiro atoms. The highest BCUT2D eigenvalue weighted by molar-refractivity contribution is 7.99. The van der Waals surface area contributed by atoms with Crippen LogP contribution in [0.5, 0.6) is 0 Å². The van der Waals surface area contributed by atoms with Crippen LogP contribution in [0.3, 0.4) is 0 Å². The van der Waals surface area contributed by atoms with Crippen LogP contribution in [0.2, 0.25) is 0 Å². The predicted molar refractivity (Wildman–Crippen MR) is 93.9 cm³/mol. The van der Waals surface area contributed by atoms with Gasteiger partial charge >= 0.3 is 6.03 Å². The van der Waals surface area contributed by atoms with E-state index in [0.717, 1.165) is 61.8 Å². The van der Waals surface area contributed by atoms with Gasteiger partial charge in [0.15, 0.2) is 0 Å². The molecule has 1 N–H and O–H groups in total. The van der Waals surface area contributed by atoms with Crippen molar-refractivity contribution in [1.29, 1.82) is 0 Å². The normalized spacial score (nSPS) is 18.1. The average Bonchev–Trinajstić information content (AvgIpc) is 3.12. The van der Waals surface area contributed by atoms with Crippen molar-refractivity contribution < 1.29 is 9.59 Å². The molecule has 2 fully saturated rings. The Morgan fingerprint density at radius 1 is 0.957 bits per heavy atom. The summed E-state index contributed by atoms with van der Waals surface area (Å²) in [6.07, 6.45) is 2.61. The molecular weight excluding hydrogens is 310 g/mol. The summed E-state index contributed by atoms with van der Waals surface area (Å²) in [4.78, 5) is 28.1. The molecule has 0 aliphatic carbocycles. The summed E-state index contributed by atoms with van der Waals surface area (Å²) in [6.45, 7) is 3.39. The van der Waals surface area contributed by atoms with E-state index in [9.17, 15) is 9.59 Å². The van der Waals surface area contributed by atoms with Gasteiger partial charge in [0.05, 0.1) is 6.42 Å². The number of hydrogen-bond acceptors (Lipinski definition) is 3. The number of rotatable bonds is 3. The monoisotopic (exact) mass is 333 g/mol. The Balaban J connectivity index is 1.52. The molecule has 1 aromatic rings. The van der Waals surface area contributed by atoms with Crippen LogP contribution in [-0.2, 0) is 11.2 Å². The van der Waals surface area contributed by atoms with E-state index in [-0.39, 0.29) is 11.9 Å². The van der Waals surface area contributed by atoms with Gasteiger partial charge in [-0.15, -0.1) is 0 Å². The van der Waals surface area contributed by atoms with Crippen LogP contribution in [0.1, 0.15) is 18.4 Å². The van der Waals surface area contributed by atoms with Gasteiger partial charge in [-0.3, -0.25) is 4.79 Å². The van der Waals surface area contributed by atoms with Crippen molar-refractivity contribution in [2.24, 2.45) is 0 Å². The molecule has 1 aromatic carbocycles. The summed E-state index contributed by atoms with van der Waals surface area (Å²) in [5.74, 6) is 2.26. The second-order valence-electron chi connectivity index (χ2n) is 5.99. The fourth-order valence-corrected chi connectivity index (χ4v) is 3.83. The smallest absolute Gasteiger partial charge is 0.321 e. The SMILES string of the molecule is O=C(Cc1ccc(NC(=O)N2CCCC2)cc1)N1CCSCC1. The zero-order valence-electron chi connectivity index (χ0n) is 13.3. The van der Waals surface area contributed by atoms with Crippen molar-refractivity contribution in [2.75, 3.05) is 43.0 Å². The third-order valence-electron chi connectivity index (χ3n) is 4.32. The Labute approximate surface area is 141 Å². The number of thioether (sulfide) groups is 1. The van der Waals surface area contributed by atoms with Gasteiger partial charge in [0.25, 0.3) is 0 Å². The summed E-state index contributed by atoms with van der Waals surface area (Å²) in [7, 11) is 0. The lowest BCUT2D eigenvalue weighted by Gasteiger charge is -2.26. The second-order valence-corrected chi connectivity index (χ2v) is 7.22. The molecule has 0 bridgehead atoms. The summed E-state index contributed by atoms with van der Waals surface area (Å²) >= 11 is 1.90. The summed E-state index contributed by atoms with van der Waals surface area (Å²) in [6, 6.07) is 7.58. The standard InChI is InChI=1S/C17H23N3O2S/c21-16(19-9-11-23-12-10-19)13-14-3-5-15(6-4-14)18-17(22)20-7-1-2-8-20/h3-6H,1-2,7-13H2,(H,18,22). The summed E-state index contributed by atoms with van der Waals surface area (Å²) < 4.78 is 0. The molecular formula is C17H23N3O2S. The molecule has 3 rings (SSSR count). The minimum absolute atomic E-state index is 0.0304. The molecule has 0 atom stereocenters. The third-order valence-corrected chi connectivity index (χ3v) is 5.26. The summed E-state index contributed by atoms with van der Waals surface area (Å²) in [5, 5.41) is 2.92. The van der Waals surface area contributed by atoms with Crippen LogP contribution in [0, 0.1) is 0 Å². The Hall–Kier alpha value is -1.69. The van der Waals surface area contributed by atoms with Crippen LogP contribution in [0.4, 0.5) is 10.5 Å². The highest BCUT2D eigenvalue weighted by Crippen LogP contribution is 2.15. The molecule has 124 valence electrons. The molecule has 2 aliphatic heterocycles. The van der Waals surface area contributed by atoms with Gasteiger partial charge in [-0.25, -0.2) is 4.79 Å². The number of anilines is 1. The number of carbonyl (C=O) groups is 2. The first kappa shape index (κ1) is 16.2. The van der Waals surface area contributed by atoms with E-state index >= 15 is 0 Å². The molecule has 6 heteroatoms. The first-order valence-corrected chi connectivity index (χ1v) is 9.38. The predicted octanol–water partition coefficient (Wildman–Crippen LogP) is 2.43. The highest BCUT2D eigenvalue weighted by atomic mass is 32.2. The Morgan fingerprint density at radius 2 is 1.61 bits per heavy atom. The maximum atomic E-state index is 12.2. The van der Waals surface area contributed by atoms with E-state index in [0.29, 0.717) is 6.42 Å². The maximum absolute atomic E-state index is 12.2. The van der Waals surface area contributed by atoms with Gasteiger partial charge in [0.2, 0.25) is 5.91 Å². The first-order chi connectivity index (χ1) is 11.2. The topological polar surface area (TPSA) is 52.7 Å². The van der Waals surface area contributed by atoms with Crippen LogP contribution >= 0.6 is 11.8 Å². The first-order valence-electron chi connectivity index (χ1n) is 8.23. The van der Waals surface area contributed by atoms with Crippen LogP contribution in [-0.4, -0.2) is 59.4 Å². The zero-order valence-corrected chi connectivity index (χ0v) is 14.1. The number of carbonyl (C=O) groups excluding carboxylic acids is 2. The van der Waals surface area contributed by atoms with E-state index in [1.807, 2.05) is 45.8 Å². The molecule has 0 aromatic heterocycles. The van der Waals surface area contributed by atoms with E-state index in [1.54, 1.807) is 0 Å². The molecule has 2 aliphatic rings. The Kier molecular flexibility index (Phi) is 5.43. The van der Waals surface area contributed by atoms with Crippen LogP contribution in [0.15, 0.2) is 24.3 Å². The number of nitrogens with one attached hydrogen (secondary N) is 1. The van der Waals surface area contributed by atoms with Crippen LogP contribution < -0.4 is 5.32 Å². The largest absolute Gasteiger partial charge is 0.341 e. The summed E-state index contributed by atoms with van der Waals surface area (Å²) in [5.41, 5.74) is 1.78. The lowest BCUT2D eigenvalue weighted by Crippen LogP contribution is -2.38. The second kappa shape index (κ2) is 7.73. The number of nitrogens with zero attached hydrogens (tertiary/aromatic N) is 2. The van der Waals surface area contributed by atoms with Crippen molar-refractivity contribution in [3.05, 3.63) is 29.8 Å². The van der Waals surface area contributed by atoms with Gasteiger partial charge in [-0.1, -0.05) is 12.1 Å². The maximum Gasteiger partial charge on any atom is 0.321 e. The molecule has 0 saturated carbocycles. The minimum atomic E-state index is -0.0304. The van der Waals surface area contributed by atoms with Crippen molar-refractivity contribution in [2.45, 2.75) is 19.3 Å². The number of benzene rings is 1. The fraction of sp³-hybridized carbons (Fsp3) is 0.529. The van der Waals surface area contributed by atoms with E-state index < -0.39 is 0 Å². The number of urea groups is 1. The van der Waals surface area contributed by atoms with E-state index in [4.69, 9.17) is 0 Å². The number of amides is 3. The molecule has 3 amide bonds. The quantitative estimate of drug-likeness (QED) is 0.924. The van der Waals surface area contributed by atoms with Crippen molar-refractivity contribution in [3.8, 4) is 0 Å². The van der Waals surface area contributed by atoms with Gasteiger partial charge in [-0.2, -0.15) is 11.8 Å². The average molecular weight is 333 g/mol. The lowest BCUT2D eigenvalue weighted by atomic mass is 10.1. The Morgan fingerprint density at radius 3 is 2.26 bits per heavy atom. The van der Waals surface area contributed by atoms with Gasteiger partial charge < -0.3 is 15.1 Å². The van der Waals surface area contributed by atoms with Crippen molar-refractivity contribution >= 4 is 29.4 Å². The lowest BCUT2D eigenvalue weighted by molar-refractivity contribution is -0.130. The van der Waals surface area contributed by atoms with E-state index in [2.05, 4.69) is 5.32 Å². The zero-order chi connectivity index (χ0) is 16.1. The van der Waals surface area contributed by atoms with Gasteiger partial charge in [-0.05, 0) is 30.5 Å². The van der Waals surface area contributed by atoms with Crippen LogP contribution in [0.25, 0.3) is 0 Å². The molecule has 2 heterocycles. The van der Waals surface area contributed by atoms with Gasteiger partial charge in [0.1, 0.15) is 0 Å².